The van der Waals surface area contributed by atoms with E-state index in [-0.39, 0.29) is 30.8 Å². The predicted octanol–water partition coefficient (Wildman–Crippen LogP) is 2.62. The van der Waals surface area contributed by atoms with E-state index in [1.807, 2.05) is 54.6 Å². The average molecular weight is 349 g/mol. The van der Waals surface area contributed by atoms with Gasteiger partial charge < -0.3 is 10.2 Å². The summed E-state index contributed by atoms with van der Waals surface area (Å²) in [6.45, 7) is 0.726. The fraction of sp³-hybridized carbons (Fsp3) is 0.250. The van der Waals surface area contributed by atoms with Crippen molar-refractivity contribution in [2.24, 2.45) is 5.41 Å². The lowest BCUT2D eigenvalue weighted by Crippen LogP contribution is -2.38. The minimum Gasteiger partial charge on any atom is -0.323 e. The topological polar surface area (TPSA) is 78.5 Å². The van der Waals surface area contributed by atoms with E-state index in [0.29, 0.717) is 13.0 Å². The van der Waals surface area contributed by atoms with Gasteiger partial charge in [-0.15, -0.1) is 0 Å². The molecule has 2 N–H and O–H groups in total. The van der Waals surface area contributed by atoms with Gasteiger partial charge in [0.05, 0.1) is 11.1 Å². The summed E-state index contributed by atoms with van der Waals surface area (Å²) in [4.78, 5) is 38.0. The number of imide groups is 1. The summed E-state index contributed by atoms with van der Waals surface area (Å²) in [5, 5.41) is 5.31. The third kappa shape index (κ3) is 2.83. The summed E-state index contributed by atoms with van der Waals surface area (Å²) >= 11 is 0. The van der Waals surface area contributed by atoms with Crippen LogP contribution in [0.4, 0.5) is 10.5 Å². The van der Waals surface area contributed by atoms with E-state index in [1.54, 1.807) is 4.90 Å². The minimum absolute atomic E-state index is 0.163. The lowest BCUT2D eigenvalue weighted by atomic mass is 9.85. The summed E-state index contributed by atoms with van der Waals surface area (Å²) < 4.78 is 0. The first kappa shape index (κ1) is 16.3. The van der Waals surface area contributed by atoms with Crippen molar-refractivity contribution in [2.45, 2.75) is 12.8 Å². The molecule has 2 aliphatic heterocycles. The maximum absolute atomic E-state index is 12.7. The first-order chi connectivity index (χ1) is 12.6. The number of anilines is 1. The van der Waals surface area contributed by atoms with Crippen LogP contribution in [0.15, 0.2) is 54.6 Å². The minimum atomic E-state index is -0.757. The lowest BCUT2D eigenvalue weighted by molar-refractivity contribution is -0.128. The van der Waals surface area contributed by atoms with Crippen LogP contribution in [0.1, 0.15) is 12.8 Å². The van der Waals surface area contributed by atoms with Crippen molar-refractivity contribution in [3.8, 4) is 11.1 Å². The number of hydrogen-bond acceptors (Lipinski definition) is 3. The van der Waals surface area contributed by atoms with Crippen LogP contribution in [-0.2, 0) is 9.59 Å². The van der Waals surface area contributed by atoms with Crippen LogP contribution in [0.25, 0.3) is 11.1 Å². The largest absolute Gasteiger partial charge is 0.323 e. The van der Waals surface area contributed by atoms with Gasteiger partial charge in [0.15, 0.2) is 0 Å². The molecule has 1 unspecified atom stereocenters. The number of carbonyl (C=O) groups excluding carboxylic acids is 3. The van der Waals surface area contributed by atoms with Gasteiger partial charge in [0.25, 0.3) is 0 Å². The number of urea groups is 1. The Kier molecular flexibility index (Phi) is 3.95. The highest BCUT2D eigenvalue weighted by molar-refractivity contribution is 6.06. The monoisotopic (exact) mass is 349 g/mol. The second kappa shape index (κ2) is 6.29. The number of likely N-dealkylation sites (tertiary alicyclic amines) is 1. The maximum atomic E-state index is 12.7. The van der Waals surface area contributed by atoms with Crippen LogP contribution >= 0.6 is 0 Å². The molecule has 2 heterocycles. The van der Waals surface area contributed by atoms with E-state index < -0.39 is 5.41 Å². The third-order valence-corrected chi connectivity index (χ3v) is 5.13. The van der Waals surface area contributed by atoms with Gasteiger partial charge in [-0.1, -0.05) is 48.5 Å². The highest BCUT2D eigenvalue weighted by atomic mass is 16.2. The lowest BCUT2D eigenvalue weighted by Gasteiger charge is -2.21. The summed E-state index contributed by atoms with van der Waals surface area (Å²) in [6.07, 6.45) is 0.675. The molecular weight excluding hydrogens is 330 g/mol. The van der Waals surface area contributed by atoms with Crippen LogP contribution in [-0.4, -0.2) is 35.8 Å². The van der Waals surface area contributed by atoms with Gasteiger partial charge in [-0.3, -0.25) is 14.9 Å². The number of nitrogens with one attached hydrogen (secondary N) is 2. The van der Waals surface area contributed by atoms with E-state index in [4.69, 9.17) is 0 Å². The van der Waals surface area contributed by atoms with Crippen molar-refractivity contribution in [3.05, 3.63) is 54.6 Å². The summed E-state index contributed by atoms with van der Waals surface area (Å²) in [7, 11) is 0. The number of amides is 4. The highest BCUT2D eigenvalue weighted by Crippen LogP contribution is 2.38. The normalized spacial score (nSPS) is 21.9. The van der Waals surface area contributed by atoms with Gasteiger partial charge in [0.2, 0.25) is 11.8 Å². The number of carbonyl (C=O) groups is 3. The van der Waals surface area contributed by atoms with E-state index in [0.717, 1.165) is 16.8 Å². The molecule has 4 rings (SSSR count). The summed E-state index contributed by atoms with van der Waals surface area (Å²) in [5.41, 5.74) is 1.91. The van der Waals surface area contributed by atoms with Crippen molar-refractivity contribution < 1.29 is 14.4 Å². The molecule has 0 saturated carbocycles. The SMILES string of the molecule is O=C1CC2(CCN(C(=O)Nc3ccccc3-c3ccccc3)C2)C(=O)N1. The molecule has 0 radical (unpaired) electrons. The second-order valence-corrected chi connectivity index (χ2v) is 6.85. The molecule has 2 saturated heterocycles. The Morgan fingerprint density at radius 2 is 1.77 bits per heavy atom. The molecule has 2 aromatic carbocycles. The molecule has 26 heavy (non-hydrogen) atoms. The van der Waals surface area contributed by atoms with Crippen LogP contribution in [0, 0.1) is 5.41 Å². The molecule has 2 aliphatic rings. The molecule has 0 aliphatic carbocycles. The zero-order valence-corrected chi connectivity index (χ0v) is 14.2. The number of rotatable bonds is 2. The van der Waals surface area contributed by atoms with Gasteiger partial charge in [-0.05, 0) is 18.1 Å². The molecule has 2 aromatic rings. The van der Waals surface area contributed by atoms with Crippen molar-refractivity contribution >= 4 is 23.5 Å². The Bertz CT molecular complexity index is 881. The highest BCUT2D eigenvalue weighted by Gasteiger charge is 2.51. The van der Waals surface area contributed by atoms with Crippen LogP contribution in [0.2, 0.25) is 0 Å². The Labute approximate surface area is 151 Å². The zero-order chi connectivity index (χ0) is 18.1. The summed E-state index contributed by atoms with van der Waals surface area (Å²) in [6, 6.07) is 17.2. The fourth-order valence-corrected chi connectivity index (χ4v) is 3.72. The van der Waals surface area contributed by atoms with Crippen molar-refractivity contribution in [2.75, 3.05) is 18.4 Å². The molecule has 6 nitrogen and oxygen atoms in total. The molecule has 0 aromatic heterocycles. The quantitative estimate of drug-likeness (QED) is 0.818. The molecule has 0 bridgehead atoms. The third-order valence-electron chi connectivity index (χ3n) is 5.13. The van der Waals surface area contributed by atoms with Gasteiger partial charge in [0, 0.05) is 25.1 Å². The Hall–Kier alpha value is -3.15. The Morgan fingerprint density at radius 3 is 2.50 bits per heavy atom. The van der Waals surface area contributed by atoms with Crippen LogP contribution in [0.3, 0.4) is 0 Å². The van der Waals surface area contributed by atoms with E-state index in [2.05, 4.69) is 10.6 Å². The molecule has 2 fully saturated rings. The number of para-hydroxylation sites is 1. The number of hydrogen-bond donors (Lipinski definition) is 2. The van der Waals surface area contributed by atoms with E-state index in [9.17, 15) is 14.4 Å². The summed E-state index contributed by atoms with van der Waals surface area (Å²) in [5.74, 6) is -0.519. The molecule has 132 valence electrons. The number of benzene rings is 2. The molecule has 6 heteroatoms. The van der Waals surface area contributed by atoms with Crippen LogP contribution in [0.5, 0.6) is 0 Å². The Morgan fingerprint density at radius 1 is 1.04 bits per heavy atom. The Balaban J connectivity index is 1.52. The van der Waals surface area contributed by atoms with Gasteiger partial charge in [0.1, 0.15) is 0 Å². The smallest absolute Gasteiger partial charge is 0.321 e. The number of nitrogens with zero attached hydrogens (tertiary/aromatic N) is 1. The first-order valence-corrected chi connectivity index (χ1v) is 8.62. The molecule has 4 amide bonds. The average Bonchev–Trinajstić information content (AvgIpc) is 3.19. The van der Waals surface area contributed by atoms with Crippen LogP contribution < -0.4 is 10.6 Å². The second-order valence-electron chi connectivity index (χ2n) is 6.85. The van der Waals surface area contributed by atoms with Crippen molar-refractivity contribution in [3.63, 3.8) is 0 Å². The van der Waals surface area contributed by atoms with Crippen molar-refractivity contribution in [1.29, 1.82) is 0 Å². The molecular formula is C20H19N3O3. The van der Waals surface area contributed by atoms with E-state index in [1.165, 1.54) is 0 Å². The van der Waals surface area contributed by atoms with E-state index >= 15 is 0 Å². The van der Waals surface area contributed by atoms with Gasteiger partial charge >= 0.3 is 6.03 Å². The molecule has 1 spiro atoms. The van der Waals surface area contributed by atoms with Gasteiger partial charge in [-0.2, -0.15) is 0 Å². The predicted molar refractivity (Wildman–Crippen MR) is 97.3 cm³/mol. The van der Waals surface area contributed by atoms with Crippen molar-refractivity contribution in [1.82, 2.24) is 10.2 Å². The maximum Gasteiger partial charge on any atom is 0.321 e. The zero-order valence-electron chi connectivity index (χ0n) is 14.2. The first-order valence-electron chi connectivity index (χ1n) is 8.62. The van der Waals surface area contributed by atoms with Gasteiger partial charge in [-0.25, -0.2) is 4.79 Å². The fourth-order valence-electron chi connectivity index (χ4n) is 3.72. The molecule has 1 atom stereocenters. The standard InChI is InChI=1S/C20H19N3O3/c24-17-12-20(18(25)22-17)10-11-23(13-20)19(26)21-16-9-5-4-8-15(16)14-6-2-1-3-7-14/h1-9H,10-13H2,(H,21,26)(H,22,24,25).